The van der Waals surface area contributed by atoms with Gasteiger partial charge in [-0.3, -0.25) is 9.89 Å². The molecule has 1 saturated carbocycles. The zero-order valence-corrected chi connectivity index (χ0v) is 18.6. The van der Waals surface area contributed by atoms with Crippen molar-refractivity contribution in [3.05, 3.63) is 62.4 Å². The summed E-state index contributed by atoms with van der Waals surface area (Å²) < 4.78 is 1.46. The van der Waals surface area contributed by atoms with Crippen LogP contribution in [-0.2, 0) is 0 Å². The van der Waals surface area contributed by atoms with E-state index in [2.05, 4.69) is 31.6 Å². The summed E-state index contributed by atoms with van der Waals surface area (Å²) in [6.45, 7) is 1.82. The molecular formula is C22H17ClN10O. The normalized spacial score (nSPS) is 13.9. The zero-order valence-electron chi connectivity index (χ0n) is 17.9. The fourth-order valence-electron chi connectivity index (χ4n) is 3.93. The van der Waals surface area contributed by atoms with Gasteiger partial charge in [0.15, 0.2) is 11.0 Å². The van der Waals surface area contributed by atoms with Crippen LogP contribution in [-0.4, -0.2) is 29.7 Å². The van der Waals surface area contributed by atoms with Gasteiger partial charge in [0, 0.05) is 5.56 Å². The maximum atomic E-state index is 13.7. The van der Waals surface area contributed by atoms with E-state index in [1.54, 1.807) is 24.4 Å². The number of nitrogens with two attached hydrogens (primary N) is 1. The number of nitrogen functional groups attached to an aromatic ring is 1. The van der Waals surface area contributed by atoms with Crippen LogP contribution in [0, 0.1) is 35.5 Å². The van der Waals surface area contributed by atoms with Gasteiger partial charge in [-0.15, -0.1) is 0 Å². The molecule has 5 rings (SSSR count). The minimum Gasteiger partial charge on any atom is -0.368 e. The molecule has 11 nitrogen and oxygen atoms in total. The van der Waals surface area contributed by atoms with Crippen molar-refractivity contribution >= 4 is 34.3 Å². The van der Waals surface area contributed by atoms with E-state index < -0.39 is 6.04 Å². The van der Waals surface area contributed by atoms with Gasteiger partial charge in [0.05, 0.1) is 28.7 Å². The third-order valence-corrected chi connectivity index (χ3v) is 6.00. The van der Waals surface area contributed by atoms with E-state index in [-0.39, 0.29) is 39.5 Å². The first-order valence-electron chi connectivity index (χ1n) is 10.4. The molecule has 4 aromatic rings. The van der Waals surface area contributed by atoms with Crippen molar-refractivity contribution < 1.29 is 0 Å². The topological polar surface area (TPSA) is 175 Å². The van der Waals surface area contributed by atoms with Crippen LogP contribution in [0.1, 0.15) is 41.4 Å². The average molecular weight is 473 g/mol. The molecule has 3 aromatic heterocycles. The molecule has 34 heavy (non-hydrogen) atoms. The van der Waals surface area contributed by atoms with Gasteiger partial charge < -0.3 is 11.1 Å². The summed E-state index contributed by atoms with van der Waals surface area (Å²) in [6, 6.07) is 8.46. The lowest BCUT2D eigenvalue weighted by atomic mass is 10.1. The van der Waals surface area contributed by atoms with Crippen molar-refractivity contribution in [2.75, 3.05) is 11.1 Å². The Hall–Kier alpha value is -4.48. The van der Waals surface area contributed by atoms with Crippen molar-refractivity contribution in [2.45, 2.75) is 25.8 Å². The number of aromatic nitrogens is 6. The summed E-state index contributed by atoms with van der Waals surface area (Å²) in [6.07, 6.45) is 3.34. The molecule has 0 saturated heterocycles. The number of fused-ring (bicyclic) bond motifs is 1. The second-order valence-corrected chi connectivity index (χ2v) is 8.35. The van der Waals surface area contributed by atoms with Crippen molar-refractivity contribution in [3.8, 4) is 18.0 Å². The molecule has 0 radical (unpaired) electrons. The van der Waals surface area contributed by atoms with Crippen LogP contribution in [0.15, 0.2) is 29.2 Å². The molecule has 12 heteroatoms. The minimum atomic E-state index is -0.538. The second-order valence-electron chi connectivity index (χ2n) is 7.99. The van der Waals surface area contributed by atoms with Crippen LogP contribution in [0.2, 0.25) is 5.15 Å². The molecule has 4 N–H and O–H groups in total. The number of H-pyrrole nitrogens is 1. The summed E-state index contributed by atoms with van der Waals surface area (Å²) in [4.78, 5) is 26.5. The number of benzene rings is 1. The van der Waals surface area contributed by atoms with Gasteiger partial charge in [-0.2, -0.15) is 25.6 Å². The van der Waals surface area contributed by atoms with E-state index >= 15 is 0 Å². The molecule has 3 heterocycles. The Morgan fingerprint density at radius 1 is 1.26 bits per heavy atom. The molecule has 1 atom stereocenters. The van der Waals surface area contributed by atoms with Gasteiger partial charge in [0.2, 0.25) is 5.95 Å². The van der Waals surface area contributed by atoms with E-state index in [0.29, 0.717) is 22.5 Å². The van der Waals surface area contributed by atoms with Crippen LogP contribution >= 0.6 is 11.6 Å². The number of hydrogen-bond donors (Lipinski definition) is 3. The van der Waals surface area contributed by atoms with Crippen LogP contribution in [0.4, 0.5) is 11.8 Å². The van der Waals surface area contributed by atoms with Crippen LogP contribution in [0.5, 0.6) is 0 Å². The number of halogens is 1. The average Bonchev–Trinajstić information content (AvgIpc) is 3.57. The number of anilines is 2. The van der Waals surface area contributed by atoms with E-state index in [1.165, 1.54) is 4.57 Å². The maximum absolute atomic E-state index is 13.7. The fourth-order valence-corrected chi connectivity index (χ4v) is 4.15. The second kappa shape index (κ2) is 8.14. The molecule has 1 aliphatic rings. The Balaban J connectivity index is 1.79. The Morgan fingerprint density at radius 2 is 2.06 bits per heavy atom. The molecule has 0 bridgehead atoms. The number of rotatable bonds is 5. The van der Waals surface area contributed by atoms with Gasteiger partial charge in [-0.1, -0.05) is 17.7 Å². The van der Waals surface area contributed by atoms with Gasteiger partial charge in [0.1, 0.15) is 29.3 Å². The lowest BCUT2D eigenvalue weighted by molar-refractivity contribution is 0.604. The number of aryl methyl sites for hydroxylation is 1. The highest BCUT2D eigenvalue weighted by Crippen LogP contribution is 2.43. The highest BCUT2D eigenvalue weighted by atomic mass is 35.5. The number of nitrogens with one attached hydrogen (secondary N) is 2. The van der Waals surface area contributed by atoms with Crippen molar-refractivity contribution in [3.63, 3.8) is 0 Å². The van der Waals surface area contributed by atoms with Crippen LogP contribution < -0.4 is 16.6 Å². The standard InChI is InChI=1S/C22H17ClN10O/c1-10-9-27-32-19(10)33-20(29-15-12(7-24)3-2-4-13(15)21(33)34)16(11-5-6-11)28-18-14(8-25)17(23)30-22(26)31-18/h2-4,9,11,16H,5-6H2,1H3,(H,27,32)(H3,26,28,30,31). The predicted octanol–water partition coefficient (Wildman–Crippen LogP) is 2.75. The predicted molar refractivity (Wildman–Crippen MR) is 124 cm³/mol. The highest BCUT2D eigenvalue weighted by molar-refractivity contribution is 6.31. The van der Waals surface area contributed by atoms with Gasteiger partial charge in [-0.05, 0) is 37.8 Å². The minimum absolute atomic E-state index is 0.0339. The first-order valence-corrected chi connectivity index (χ1v) is 10.8. The third-order valence-electron chi connectivity index (χ3n) is 5.73. The van der Waals surface area contributed by atoms with Crippen LogP contribution in [0.3, 0.4) is 0 Å². The smallest absolute Gasteiger partial charge is 0.267 e. The Labute approximate surface area is 197 Å². The maximum Gasteiger partial charge on any atom is 0.267 e. The first-order chi connectivity index (χ1) is 16.4. The molecule has 0 spiro atoms. The molecule has 0 aliphatic heterocycles. The molecule has 1 aliphatic carbocycles. The molecule has 1 unspecified atom stereocenters. The zero-order chi connectivity index (χ0) is 24.0. The number of hydrogen-bond acceptors (Lipinski definition) is 9. The Kier molecular flexibility index (Phi) is 5.11. The number of para-hydroxylation sites is 1. The molecule has 1 fully saturated rings. The largest absolute Gasteiger partial charge is 0.368 e. The van der Waals surface area contributed by atoms with Gasteiger partial charge in [-0.25, -0.2) is 9.55 Å². The Bertz CT molecular complexity index is 1590. The quantitative estimate of drug-likeness (QED) is 0.368. The van der Waals surface area contributed by atoms with E-state index in [9.17, 15) is 15.3 Å². The summed E-state index contributed by atoms with van der Waals surface area (Å²) in [5, 5.41) is 29.6. The lowest BCUT2D eigenvalue weighted by Crippen LogP contribution is -2.30. The lowest BCUT2D eigenvalue weighted by Gasteiger charge is -2.23. The summed E-state index contributed by atoms with van der Waals surface area (Å²) in [7, 11) is 0. The molecular weight excluding hydrogens is 456 g/mol. The van der Waals surface area contributed by atoms with E-state index in [1.807, 2.05) is 13.0 Å². The van der Waals surface area contributed by atoms with Gasteiger partial charge >= 0.3 is 0 Å². The van der Waals surface area contributed by atoms with E-state index in [0.717, 1.165) is 18.4 Å². The van der Waals surface area contributed by atoms with Crippen molar-refractivity contribution in [2.24, 2.45) is 5.92 Å². The molecule has 1 aromatic carbocycles. The SMILES string of the molecule is Cc1cn[nH]c1-n1c(C(Nc2nc(N)nc(Cl)c2C#N)C2CC2)nc2c(C#N)cccc2c1=O. The molecule has 168 valence electrons. The number of nitrogens with zero attached hydrogens (tertiary/aromatic N) is 7. The third kappa shape index (κ3) is 3.49. The fraction of sp³-hybridized carbons (Fsp3) is 0.227. The van der Waals surface area contributed by atoms with Crippen molar-refractivity contribution in [1.82, 2.24) is 29.7 Å². The van der Waals surface area contributed by atoms with Crippen LogP contribution in [0.25, 0.3) is 16.7 Å². The summed E-state index contributed by atoms with van der Waals surface area (Å²) in [5.41, 5.74) is 6.78. The summed E-state index contributed by atoms with van der Waals surface area (Å²) >= 11 is 6.12. The first kappa shape index (κ1) is 21.4. The van der Waals surface area contributed by atoms with Gasteiger partial charge in [0.25, 0.3) is 5.56 Å². The number of aromatic amines is 1. The van der Waals surface area contributed by atoms with Crippen molar-refractivity contribution in [1.29, 1.82) is 10.5 Å². The monoisotopic (exact) mass is 472 g/mol. The van der Waals surface area contributed by atoms with E-state index in [4.69, 9.17) is 22.3 Å². The Morgan fingerprint density at radius 3 is 2.71 bits per heavy atom. The highest BCUT2D eigenvalue weighted by Gasteiger charge is 2.37. The molecule has 0 amide bonds. The summed E-state index contributed by atoms with van der Waals surface area (Å²) in [5.74, 6) is 0.959. The number of nitriles is 2.